The second-order valence-corrected chi connectivity index (χ2v) is 7.08. The van der Waals surface area contributed by atoms with Gasteiger partial charge in [0.2, 0.25) is 11.8 Å². The van der Waals surface area contributed by atoms with E-state index in [1.807, 2.05) is 0 Å². The van der Waals surface area contributed by atoms with Crippen LogP contribution in [0, 0.1) is 5.92 Å². The second-order valence-electron chi connectivity index (χ2n) is 7.08. The first-order valence-corrected chi connectivity index (χ1v) is 10.2. The van der Waals surface area contributed by atoms with Crippen molar-refractivity contribution in [3.05, 3.63) is 29.8 Å². The third-order valence-electron chi connectivity index (χ3n) is 5.17. The molecule has 0 radical (unpaired) electrons. The van der Waals surface area contributed by atoms with Crippen LogP contribution in [0.25, 0.3) is 0 Å². The van der Waals surface area contributed by atoms with Crippen LogP contribution in [0.2, 0.25) is 0 Å². The van der Waals surface area contributed by atoms with Crippen molar-refractivity contribution in [1.82, 2.24) is 15.1 Å². The molecule has 0 saturated carbocycles. The number of hydrogen-bond donors (Lipinski definition) is 2. The third kappa shape index (κ3) is 6.83. The van der Waals surface area contributed by atoms with Gasteiger partial charge in [0.1, 0.15) is 0 Å². The van der Waals surface area contributed by atoms with Gasteiger partial charge in [0.25, 0.3) is 5.91 Å². The Bertz CT molecular complexity index is 688. The minimum Gasteiger partial charge on any atom is -0.383 e. The highest BCUT2D eigenvalue weighted by Crippen LogP contribution is 2.20. The zero-order valence-electron chi connectivity index (χ0n) is 17.6. The summed E-state index contributed by atoms with van der Waals surface area (Å²) in [6, 6.07) is 6.79. The smallest absolute Gasteiger partial charge is 0.251 e. The maximum atomic E-state index is 12.5. The lowest BCUT2D eigenvalue weighted by Crippen LogP contribution is -2.34. The monoisotopic (exact) mass is 404 g/mol. The van der Waals surface area contributed by atoms with Crippen LogP contribution in [-0.4, -0.2) is 80.5 Å². The summed E-state index contributed by atoms with van der Waals surface area (Å²) in [4.78, 5) is 40.6. The predicted octanol–water partition coefficient (Wildman–Crippen LogP) is 1.19. The molecule has 0 aliphatic carbocycles. The first kappa shape index (κ1) is 22.8. The van der Waals surface area contributed by atoms with Crippen molar-refractivity contribution < 1.29 is 19.1 Å². The average molecular weight is 405 g/mol. The van der Waals surface area contributed by atoms with Gasteiger partial charge in [-0.3, -0.25) is 14.4 Å². The molecule has 8 nitrogen and oxygen atoms in total. The van der Waals surface area contributed by atoms with E-state index in [1.165, 1.54) is 0 Å². The van der Waals surface area contributed by atoms with Crippen molar-refractivity contribution in [2.45, 2.75) is 20.3 Å². The molecule has 1 heterocycles. The van der Waals surface area contributed by atoms with Gasteiger partial charge < -0.3 is 25.2 Å². The van der Waals surface area contributed by atoms with Gasteiger partial charge in [0, 0.05) is 51.0 Å². The van der Waals surface area contributed by atoms with Gasteiger partial charge in [-0.1, -0.05) is 13.8 Å². The summed E-state index contributed by atoms with van der Waals surface area (Å²) in [6.07, 6.45) is 0.211. The van der Waals surface area contributed by atoms with Crippen molar-refractivity contribution in [2.24, 2.45) is 5.92 Å². The standard InChI is InChI=1S/C21H32N4O4/c1-4-24(5-2)11-10-22-20(27)16-6-8-18(9-7-16)23-21(28)17-14-19(26)25(15-17)12-13-29-3/h6-9,17H,4-5,10-15H2,1-3H3,(H,22,27)(H,23,28). The van der Waals surface area contributed by atoms with Crippen molar-refractivity contribution in [2.75, 3.05) is 58.3 Å². The molecule has 1 aromatic carbocycles. The first-order valence-electron chi connectivity index (χ1n) is 10.2. The number of rotatable bonds is 11. The van der Waals surface area contributed by atoms with E-state index in [2.05, 4.69) is 29.4 Å². The van der Waals surface area contributed by atoms with Gasteiger partial charge in [0.05, 0.1) is 12.5 Å². The van der Waals surface area contributed by atoms with Crippen molar-refractivity contribution in [3.8, 4) is 0 Å². The number of carbonyl (C=O) groups is 3. The molecule has 1 fully saturated rings. The Balaban J connectivity index is 1.82. The van der Waals surface area contributed by atoms with Crippen LogP contribution >= 0.6 is 0 Å². The minimum atomic E-state index is -0.373. The number of likely N-dealkylation sites (N-methyl/N-ethyl adjacent to an activating group) is 1. The fraction of sp³-hybridized carbons (Fsp3) is 0.571. The molecule has 29 heavy (non-hydrogen) atoms. The molecular weight excluding hydrogens is 372 g/mol. The zero-order chi connectivity index (χ0) is 21.2. The van der Waals surface area contributed by atoms with Gasteiger partial charge in [-0.25, -0.2) is 0 Å². The Morgan fingerprint density at radius 3 is 2.52 bits per heavy atom. The molecule has 1 atom stereocenters. The number of amides is 3. The number of methoxy groups -OCH3 is 1. The maximum absolute atomic E-state index is 12.5. The van der Waals surface area contributed by atoms with Crippen LogP contribution in [-0.2, 0) is 14.3 Å². The summed E-state index contributed by atoms with van der Waals surface area (Å²) in [5.41, 5.74) is 1.15. The molecule has 160 valence electrons. The molecule has 1 saturated heterocycles. The molecule has 1 aromatic rings. The van der Waals surface area contributed by atoms with E-state index < -0.39 is 0 Å². The molecule has 1 aliphatic heterocycles. The summed E-state index contributed by atoms with van der Waals surface area (Å²) in [5, 5.41) is 5.74. The normalized spacial score (nSPS) is 16.3. The lowest BCUT2D eigenvalue weighted by atomic mass is 10.1. The van der Waals surface area contributed by atoms with Crippen molar-refractivity contribution >= 4 is 23.4 Å². The number of nitrogens with zero attached hydrogens (tertiary/aromatic N) is 2. The average Bonchev–Trinajstić information content (AvgIpc) is 3.10. The predicted molar refractivity (Wildman–Crippen MR) is 112 cm³/mol. The van der Waals surface area contributed by atoms with E-state index in [0.717, 1.165) is 19.6 Å². The van der Waals surface area contributed by atoms with Gasteiger partial charge in [-0.2, -0.15) is 0 Å². The van der Waals surface area contributed by atoms with Crippen LogP contribution in [0.1, 0.15) is 30.6 Å². The first-order chi connectivity index (χ1) is 14.0. The summed E-state index contributed by atoms with van der Waals surface area (Å²) >= 11 is 0. The number of anilines is 1. The van der Waals surface area contributed by atoms with E-state index in [9.17, 15) is 14.4 Å². The highest BCUT2D eigenvalue weighted by Gasteiger charge is 2.33. The molecule has 2 N–H and O–H groups in total. The summed E-state index contributed by atoms with van der Waals surface area (Å²) in [5.74, 6) is -0.721. The summed E-state index contributed by atoms with van der Waals surface area (Å²) in [6.45, 7) is 8.86. The molecule has 0 spiro atoms. The van der Waals surface area contributed by atoms with Crippen LogP contribution in [0.5, 0.6) is 0 Å². The highest BCUT2D eigenvalue weighted by atomic mass is 16.5. The number of likely N-dealkylation sites (tertiary alicyclic amines) is 1. The van der Waals surface area contributed by atoms with E-state index in [4.69, 9.17) is 4.74 Å². The van der Waals surface area contributed by atoms with E-state index in [0.29, 0.717) is 37.5 Å². The highest BCUT2D eigenvalue weighted by molar-refractivity contribution is 5.98. The SMILES string of the molecule is CCN(CC)CCNC(=O)c1ccc(NC(=O)C2CC(=O)N(CCOC)C2)cc1. The second kappa shape index (κ2) is 11.5. The molecular formula is C21H32N4O4. The van der Waals surface area contributed by atoms with Crippen LogP contribution in [0.4, 0.5) is 5.69 Å². The van der Waals surface area contributed by atoms with Crippen molar-refractivity contribution in [3.63, 3.8) is 0 Å². The van der Waals surface area contributed by atoms with Crippen LogP contribution < -0.4 is 10.6 Å². The van der Waals surface area contributed by atoms with Gasteiger partial charge >= 0.3 is 0 Å². The summed E-state index contributed by atoms with van der Waals surface area (Å²) in [7, 11) is 1.58. The number of carbonyl (C=O) groups excluding carboxylic acids is 3. The molecule has 8 heteroatoms. The van der Waals surface area contributed by atoms with E-state index in [-0.39, 0.29) is 30.1 Å². The van der Waals surface area contributed by atoms with Gasteiger partial charge in [-0.05, 0) is 37.4 Å². The number of ether oxygens (including phenoxy) is 1. The molecule has 0 bridgehead atoms. The van der Waals surface area contributed by atoms with Crippen LogP contribution in [0.15, 0.2) is 24.3 Å². The Morgan fingerprint density at radius 2 is 1.90 bits per heavy atom. The molecule has 1 aliphatic rings. The van der Waals surface area contributed by atoms with E-state index in [1.54, 1.807) is 36.3 Å². The molecule has 3 amide bonds. The zero-order valence-corrected chi connectivity index (χ0v) is 17.6. The van der Waals surface area contributed by atoms with Gasteiger partial charge in [-0.15, -0.1) is 0 Å². The Hall–Kier alpha value is -2.45. The fourth-order valence-electron chi connectivity index (χ4n) is 3.28. The number of benzene rings is 1. The fourth-order valence-corrected chi connectivity index (χ4v) is 3.28. The summed E-state index contributed by atoms with van der Waals surface area (Å²) < 4.78 is 4.99. The third-order valence-corrected chi connectivity index (χ3v) is 5.17. The number of hydrogen-bond acceptors (Lipinski definition) is 5. The minimum absolute atomic E-state index is 0.0288. The Kier molecular flexibility index (Phi) is 9.08. The van der Waals surface area contributed by atoms with E-state index >= 15 is 0 Å². The quantitative estimate of drug-likeness (QED) is 0.578. The van der Waals surface area contributed by atoms with Crippen LogP contribution in [0.3, 0.4) is 0 Å². The van der Waals surface area contributed by atoms with Crippen molar-refractivity contribution in [1.29, 1.82) is 0 Å². The van der Waals surface area contributed by atoms with Gasteiger partial charge in [0.15, 0.2) is 0 Å². The lowest BCUT2D eigenvalue weighted by Gasteiger charge is -2.18. The lowest BCUT2D eigenvalue weighted by molar-refractivity contribution is -0.128. The molecule has 2 rings (SSSR count). The topological polar surface area (TPSA) is 91.0 Å². The Morgan fingerprint density at radius 1 is 1.21 bits per heavy atom. The molecule has 1 unspecified atom stereocenters. The largest absolute Gasteiger partial charge is 0.383 e. The maximum Gasteiger partial charge on any atom is 0.251 e. The Labute approximate surface area is 172 Å². The molecule has 0 aromatic heterocycles. The number of nitrogens with one attached hydrogen (secondary N) is 2.